The molecule has 10 nitrogen and oxygen atoms in total. The summed E-state index contributed by atoms with van der Waals surface area (Å²) in [5.41, 5.74) is 6.41. The van der Waals surface area contributed by atoms with E-state index < -0.39 is 36.0 Å². The largest absolute Gasteiger partial charge is 0.464 e. The predicted molar refractivity (Wildman–Crippen MR) is 122 cm³/mol. The average Bonchev–Trinajstić information content (AvgIpc) is 3.44. The molecular formula is C20H27N5O5S2. The van der Waals surface area contributed by atoms with E-state index in [2.05, 4.69) is 25.3 Å². The normalized spacial score (nSPS) is 14.6. The number of allylic oxidation sites excluding steroid dienone is 1. The smallest absolute Gasteiger partial charge is 0.357 e. The van der Waals surface area contributed by atoms with E-state index >= 15 is 0 Å². The lowest BCUT2D eigenvalue weighted by Crippen LogP contribution is -2.46. The summed E-state index contributed by atoms with van der Waals surface area (Å²) in [5, 5.41) is 19.2. The van der Waals surface area contributed by atoms with Crippen LogP contribution in [0.15, 0.2) is 16.8 Å². The minimum absolute atomic E-state index is 0.000971. The molecule has 0 aliphatic heterocycles. The zero-order valence-electron chi connectivity index (χ0n) is 18.4. The first-order chi connectivity index (χ1) is 15.1. The van der Waals surface area contributed by atoms with Gasteiger partial charge in [0.2, 0.25) is 5.91 Å². The lowest BCUT2D eigenvalue weighted by molar-refractivity contribution is -0.123. The van der Waals surface area contributed by atoms with Crippen molar-refractivity contribution < 1.29 is 24.2 Å². The Morgan fingerprint density at radius 1 is 1.16 bits per heavy atom. The molecule has 12 heteroatoms. The first-order valence-corrected chi connectivity index (χ1v) is 11.6. The Hall–Kier alpha value is -2.67. The summed E-state index contributed by atoms with van der Waals surface area (Å²) in [5.74, 6) is -1.51. The third-order valence-corrected chi connectivity index (χ3v) is 6.28. The molecule has 2 rings (SSSR count). The maximum atomic E-state index is 12.8. The summed E-state index contributed by atoms with van der Waals surface area (Å²) < 4.78 is 4.68. The van der Waals surface area contributed by atoms with Crippen LogP contribution < -0.4 is 16.4 Å². The van der Waals surface area contributed by atoms with Gasteiger partial charge in [-0.05, 0) is 19.8 Å². The lowest BCUT2D eigenvalue weighted by atomic mass is 10.1. The van der Waals surface area contributed by atoms with Crippen LogP contribution in [0.4, 0.5) is 0 Å². The van der Waals surface area contributed by atoms with Gasteiger partial charge >= 0.3 is 5.97 Å². The molecule has 0 saturated heterocycles. The highest BCUT2D eigenvalue weighted by Gasteiger charge is 2.26. The third-order valence-electron chi connectivity index (χ3n) is 4.47. The molecule has 2 aromatic rings. The Morgan fingerprint density at radius 2 is 1.81 bits per heavy atom. The summed E-state index contributed by atoms with van der Waals surface area (Å²) in [6.45, 7) is 6.99. The fraction of sp³-hybridized carbons (Fsp3) is 0.450. The predicted octanol–water partition coefficient (Wildman–Crippen LogP) is 1.70. The van der Waals surface area contributed by atoms with Crippen molar-refractivity contribution in [2.45, 2.75) is 45.9 Å². The van der Waals surface area contributed by atoms with Crippen molar-refractivity contribution in [3.8, 4) is 0 Å². The van der Waals surface area contributed by atoms with E-state index in [9.17, 15) is 19.5 Å². The highest BCUT2D eigenvalue weighted by Crippen LogP contribution is 2.26. The van der Waals surface area contributed by atoms with Crippen LogP contribution in [0.1, 0.15) is 64.7 Å². The molecule has 2 heterocycles. The van der Waals surface area contributed by atoms with Gasteiger partial charge in [0.25, 0.3) is 5.91 Å². The zero-order chi connectivity index (χ0) is 24.0. The molecule has 0 aliphatic carbocycles. The maximum Gasteiger partial charge on any atom is 0.357 e. The summed E-state index contributed by atoms with van der Waals surface area (Å²) in [6, 6.07) is -1.52. The minimum Gasteiger partial charge on any atom is -0.464 e. The van der Waals surface area contributed by atoms with Crippen LogP contribution in [0.3, 0.4) is 0 Å². The van der Waals surface area contributed by atoms with Crippen LogP contribution in [-0.2, 0) is 9.53 Å². The number of ether oxygens (including phenoxy) is 1. The molecule has 5 N–H and O–H groups in total. The number of amides is 2. The van der Waals surface area contributed by atoms with Gasteiger partial charge in [-0.1, -0.05) is 19.9 Å². The van der Waals surface area contributed by atoms with Crippen LogP contribution >= 0.6 is 22.7 Å². The van der Waals surface area contributed by atoms with Crippen molar-refractivity contribution >= 4 is 46.2 Å². The van der Waals surface area contributed by atoms with Crippen molar-refractivity contribution in [1.29, 1.82) is 0 Å². The molecule has 2 aromatic heterocycles. The first kappa shape index (κ1) is 25.6. The third kappa shape index (κ3) is 6.19. The van der Waals surface area contributed by atoms with E-state index in [-0.39, 0.29) is 17.3 Å². The Morgan fingerprint density at radius 3 is 2.38 bits per heavy atom. The Bertz CT molecular complexity index is 998. The van der Waals surface area contributed by atoms with E-state index in [1.54, 1.807) is 23.8 Å². The standard InChI is InChI=1S/C20H27N5O5S2/c1-6-11(22-17(28)14(21)10(4)26)18-23-12(7-31-18)16(27)25-15(9(2)3)19-24-13(8-32-19)20(29)30-5/h6-10,14-15,26H,21H2,1-5H3,(H,22,28)(H,25,27)/b11-6-/t10-,14+,15+/m1/s1. The number of esters is 1. The molecule has 0 aliphatic rings. The number of nitrogens with one attached hydrogen (secondary N) is 2. The SMILES string of the molecule is C/C=C(\NC(=O)[C@@H](N)[C@@H](C)O)c1nc(C(=O)N[C@H](c2nc(C(=O)OC)cs2)C(C)C)cs1. The average molecular weight is 482 g/mol. The summed E-state index contributed by atoms with van der Waals surface area (Å²) in [4.78, 5) is 45.3. The molecule has 0 fully saturated rings. The second-order valence-corrected chi connectivity index (χ2v) is 9.00. The van der Waals surface area contributed by atoms with Gasteiger partial charge < -0.3 is 26.2 Å². The number of aromatic nitrogens is 2. The van der Waals surface area contributed by atoms with Crippen LogP contribution in [-0.4, -0.2) is 52.1 Å². The molecule has 0 aromatic carbocycles. The molecule has 0 bridgehead atoms. The Kier molecular flexibility index (Phi) is 9.01. The van der Waals surface area contributed by atoms with E-state index in [0.717, 1.165) is 0 Å². The zero-order valence-corrected chi connectivity index (χ0v) is 20.0. The molecule has 3 atom stereocenters. The van der Waals surface area contributed by atoms with Gasteiger partial charge in [-0.2, -0.15) is 0 Å². The molecule has 0 unspecified atom stereocenters. The molecule has 174 valence electrons. The second kappa shape index (κ2) is 11.3. The van der Waals surface area contributed by atoms with Crippen LogP contribution in [0.5, 0.6) is 0 Å². The molecular weight excluding hydrogens is 454 g/mol. The van der Waals surface area contributed by atoms with E-state index in [1.807, 2.05) is 13.8 Å². The molecule has 0 spiro atoms. The quantitative estimate of drug-likeness (QED) is 0.394. The summed E-state index contributed by atoms with van der Waals surface area (Å²) in [7, 11) is 1.28. The van der Waals surface area contributed by atoms with Gasteiger partial charge in [-0.25, -0.2) is 14.8 Å². The highest BCUT2D eigenvalue weighted by atomic mass is 32.1. The van der Waals surface area contributed by atoms with Gasteiger partial charge in [0, 0.05) is 10.8 Å². The number of hydrogen-bond donors (Lipinski definition) is 4. The molecule has 32 heavy (non-hydrogen) atoms. The minimum atomic E-state index is -1.09. The van der Waals surface area contributed by atoms with Gasteiger partial charge in [-0.3, -0.25) is 9.59 Å². The van der Waals surface area contributed by atoms with E-state index in [4.69, 9.17) is 5.73 Å². The number of aliphatic hydroxyl groups is 1. The van der Waals surface area contributed by atoms with Crippen molar-refractivity contribution in [2.24, 2.45) is 11.7 Å². The highest BCUT2D eigenvalue weighted by molar-refractivity contribution is 7.11. The fourth-order valence-electron chi connectivity index (χ4n) is 2.54. The number of nitrogens with two attached hydrogens (primary N) is 1. The number of aliphatic hydroxyl groups excluding tert-OH is 1. The number of hydrogen-bond acceptors (Lipinski definition) is 10. The van der Waals surface area contributed by atoms with Gasteiger partial charge in [-0.15, -0.1) is 22.7 Å². The van der Waals surface area contributed by atoms with Gasteiger partial charge in [0.15, 0.2) is 5.69 Å². The van der Waals surface area contributed by atoms with Crippen LogP contribution in [0.25, 0.3) is 5.70 Å². The number of methoxy groups -OCH3 is 1. The van der Waals surface area contributed by atoms with Crippen LogP contribution in [0.2, 0.25) is 0 Å². The number of nitrogens with zero attached hydrogens (tertiary/aromatic N) is 2. The Balaban J connectivity index is 2.15. The monoisotopic (exact) mass is 481 g/mol. The van der Waals surface area contributed by atoms with Crippen molar-refractivity contribution in [3.63, 3.8) is 0 Å². The summed E-state index contributed by atoms with van der Waals surface area (Å²) in [6.07, 6.45) is 0.623. The van der Waals surface area contributed by atoms with Crippen molar-refractivity contribution in [1.82, 2.24) is 20.6 Å². The second-order valence-electron chi connectivity index (χ2n) is 7.25. The fourth-order valence-corrected chi connectivity index (χ4v) is 4.38. The molecule has 0 radical (unpaired) electrons. The molecule has 0 saturated carbocycles. The number of carbonyl (C=O) groups excluding carboxylic acids is 3. The van der Waals surface area contributed by atoms with E-state index in [0.29, 0.717) is 15.7 Å². The molecule has 2 amide bonds. The van der Waals surface area contributed by atoms with Crippen LogP contribution in [0, 0.1) is 5.92 Å². The summed E-state index contributed by atoms with van der Waals surface area (Å²) >= 11 is 2.44. The van der Waals surface area contributed by atoms with Crippen molar-refractivity contribution in [2.75, 3.05) is 7.11 Å². The van der Waals surface area contributed by atoms with Crippen molar-refractivity contribution in [3.05, 3.63) is 38.2 Å². The lowest BCUT2D eigenvalue weighted by Gasteiger charge is -2.19. The number of thiazole rings is 2. The van der Waals surface area contributed by atoms with Gasteiger partial charge in [0.1, 0.15) is 21.8 Å². The number of carbonyl (C=O) groups is 3. The first-order valence-electron chi connectivity index (χ1n) is 9.80. The number of rotatable bonds is 9. The maximum absolute atomic E-state index is 12.8. The Labute approximate surface area is 193 Å². The topological polar surface area (TPSA) is 157 Å². The van der Waals surface area contributed by atoms with E-state index in [1.165, 1.54) is 36.7 Å². The van der Waals surface area contributed by atoms with Gasteiger partial charge in [0.05, 0.1) is 25.0 Å².